The zero-order chi connectivity index (χ0) is 13.1. The number of aliphatic hydroxyl groups is 2. The highest BCUT2D eigenvalue weighted by Gasteiger charge is 2.08. The van der Waals surface area contributed by atoms with Crippen molar-refractivity contribution >= 4 is 0 Å². The predicted octanol–water partition coefficient (Wildman–Crippen LogP) is 1.16. The maximum atomic E-state index is 9.60. The van der Waals surface area contributed by atoms with E-state index >= 15 is 0 Å². The molecule has 2 unspecified atom stereocenters. The Morgan fingerprint density at radius 1 is 1.12 bits per heavy atom. The fourth-order valence-electron chi connectivity index (χ4n) is 1.57. The van der Waals surface area contributed by atoms with Crippen LogP contribution in [0.15, 0.2) is 0 Å². The van der Waals surface area contributed by atoms with Gasteiger partial charge in [0.25, 0.3) is 0 Å². The molecule has 4 nitrogen and oxygen atoms in total. The van der Waals surface area contributed by atoms with Crippen molar-refractivity contribution in [3.8, 4) is 0 Å². The van der Waals surface area contributed by atoms with E-state index < -0.39 is 6.10 Å². The molecule has 0 fully saturated rings. The molecule has 0 aliphatic carbocycles. The number of nitrogens with one attached hydrogen (secondary N) is 1. The van der Waals surface area contributed by atoms with Crippen LogP contribution >= 0.6 is 0 Å². The molecular formula is C13H29NO3. The van der Waals surface area contributed by atoms with E-state index in [0.29, 0.717) is 32.2 Å². The molecular weight excluding hydrogens is 218 g/mol. The highest BCUT2D eigenvalue weighted by Crippen LogP contribution is 2.03. The molecule has 104 valence electrons. The summed E-state index contributed by atoms with van der Waals surface area (Å²) in [5.74, 6) is 0.495. The first kappa shape index (κ1) is 16.8. The van der Waals surface area contributed by atoms with Gasteiger partial charge in [-0.15, -0.1) is 0 Å². The maximum absolute atomic E-state index is 9.60. The van der Waals surface area contributed by atoms with Crippen molar-refractivity contribution in [1.82, 2.24) is 5.32 Å². The molecule has 0 bridgehead atoms. The molecule has 0 saturated heterocycles. The molecule has 0 saturated carbocycles. The SMILES string of the molecule is CCCCOCC(O)CNCC(O)CC(C)C. The van der Waals surface area contributed by atoms with Crippen LogP contribution in [0.25, 0.3) is 0 Å². The summed E-state index contributed by atoms with van der Waals surface area (Å²) in [4.78, 5) is 0. The van der Waals surface area contributed by atoms with Crippen LogP contribution < -0.4 is 5.32 Å². The van der Waals surface area contributed by atoms with Crippen LogP contribution in [0.2, 0.25) is 0 Å². The Bertz CT molecular complexity index is 165. The smallest absolute Gasteiger partial charge is 0.0897 e. The molecule has 0 aliphatic rings. The van der Waals surface area contributed by atoms with Crippen molar-refractivity contribution in [1.29, 1.82) is 0 Å². The Kier molecular flexibility index (Phi) is 10.9. The van der Waals surface area contributed by atoms with Crippen molar-refractivity contribution in [2.75, 3.05) is 26.3 Å². The van der Waals surface area contributed by atoms with Gasteiger partial charge in [-0.05, 0) is 18.8 Å². The Morgan fingerprint density at radius 3 is 2.35 bits per heavy atom. The summed E-state index contributed by atoms with van der Waals surface area (Å²) in [6, 6.07) is 0. The van der Waals surface area contributed by atoms with Crippen LogP contribution in [-0.2, 0) is 4.74 Å². The van der Waals surface area contributed by atoms with E-state index in [1.165, 1.54) is 0 Å². The zero-order valence-electron chi connectivity index (χ0n) is 11.5. The molecule has 0 aromatic carbocycles. The van der Waals surface area contributed by atoms with Crippen LogP contribution in [0, 0.1) is 5.92 Å². The van der Waals surface area contributed by atoms with Gasteiger partial charge in [0, 0.05) is 19.7 Å². The highest BCUT2D eigenvalue weighted by atomic mass is 16.5. The van der Waals surface area contributed by atoms with E-state index in [0.717, 1.165) is 19.3 Å². The molecule has 0 amide bonds. The summed E-state index contributed by atoms with van der Waals surface area (Å²) in [5.41, 5.74) is 0. The molecule has 2 atom stereocenters. The molecule has 0 aromatic heterocycles. The summed E-state index contributed by atoms with van der Waals surface area (Å²) in [6.45, 7) is 8.36. The first-order valence-electron chi connectivity index (χ1n) is 6.70. The molecule has 0 aromatic rings. The van der Waals surface area contributed by atoms with Gasteiger partial charge in [0.05, 0.1) is 18.8 Å². The largest absolute Gasteiger partial charge is 0.392 e. The van der Waals surface area contributed by atoms with Crippen LogP contribution in [0.5, 0.6) is 0 Å². The minimum absolute atomic E-state index is 0.330. The Labute approximate surface area is 105 Å². The third kappa shape index (κ3) is 12.1. The third-order valence-corrected chi connectivity index (χ3v) is 2.46. The number of hydrogen-bond donors (Lipinski definition) is 3. The molecule has 17 heavy (non-hydrogen) atoms. The minimum Gasteiger partial charge on any atom is -0.392 e. The van der Waals surface area contributed by atoms with E-state index in [9.17, 15) is 10.2 Å². The Balaban J connectivity index is 3.34. The van der Waals surface area contributed by atoms with Crippen molar-refractivity contribution in [3.63, 3.8) is 0 Å². The molecule has 0 aliphatic heterocycles. The topological polar surface area (TPSA) is 61.7 Å². The van der Waals surface area contributed by atoms with Crippen LogP contribution in [-0.4, -0.2) is 48.7 Å². The fourth-order valence-corrected chi connectivity index (χ4v) is 1.57. The van der Waals surface area contributed by atoms with Crippen LogP contribution in [0.1, 0.15) is 40.0 Å². The average molecular weight is 247 g/mol. The monoisotopic (exact) mass is 247 g/mol. The van der Waals surface area contributed by atoms with Gasteiger partial charge < -0.3 is 20.3 Å². The molecule has 0 rings (SSSR count). The quantitative estimate of drug-likeness (QED) is 0.480. The van der Waals surface area contributed by atoms with Gasteiger partial charge >= 0.3 is 0 Å². The predicted molar refractivity (Wildman–Crippen MR) is 70.1 cm³/mol. The summed E-state index contributed by atoms with van der Waals surface area (Å²) in [5, 5.41) is 22.2. The fraction of sp³-hybridized carbons (Fsp3) is 1.00. The Hall–Kier alpha value is -0.160. The van der Waals surface area contributed by atoms with E-state index in [1.807, 2.05) is 0 Å². The first-order valence-corrected chi connectivity index (χ1v) is 6.70. The zero-order valence-corrected chi connectivity index (χ0v) is 11.5. The lowest BCUT2D eigenvalue weighted by atomic mass is 10.1. The number of ether oxygens (including phenoxy) is 1. The molecule has 4 heteroatoms. The lowest BCUT2D eigenvalue weighted by Crippen LogP contribution is -2.35. The summed E-state index contributed by atoms with van der Waals surface area (Å²) in [6.07, 6.45) is 2.11. The van der Waals surface area contributed by atoms with Crippen molar-refractivity contribution in [2.24, 2.45) is 5.92 Å². The number of aliphatic hydroxyl groups excluding tert-OH is 2. The highest BCUT2D eigenvalue weighted by molar-refractivity contribution is 4.64. The summed E-state index contributed by atoms with van der Waals surface area (Å²) in [7, 11) is 0. The van der Waals surface area contributed by atoms with Crippen LogP contribution in [0.3, 0.4) is 0 Å². The first-order chi connectivity index (χ1) is 8.06. The van der Waals surface area contributed by atoms with Gasteiger partial charge in [0.15, 0.2) is 0 Å². The van der Waals surface area contributed by atoms with Crippen molar-refractivity contribution in [2.45, 2.75) is 52.2 Å². The van der Waals surface area contributed by atoms with Gasteiger partial charge in [0.1, 0.15) is 0 Å². The standard InChI is InChI=1S/C13H29NO3/c1-4-5-6-17-10-13(16)9-14-8-12(15)7-11(2)3/h11-16H,4-10H2,1-3H3. The van der Waals surface area contributed by atoms with E-state index in [4.69, 9.17) is 4.74 Å². The maximum Gasteiger partial charge on any atom is 0.0897 e. The summed E-state index contributed by atoms with van der Waals surface area (Å²) < 4.78 is 5.31. The molecule has 0 heterocycles. The third-order valence-electron chi connectivity index (χ3n) is 2.46. The molecule has 0 radical (unpaired) electrons. The second-order valence-electron chi connectivity index (χ2n) is 5.02. The average Bonchev–Trinajstić information content (AvgIpc) is 2.23. The number of hydrogen-bond acceptors (Lipinski definition) is 4. The molecule has 0 spiro atoms. The molecule has 3 N–H and O–H groups in total. The van der Waals surface area contributed by atoms with Gasteiger partial charge in [0.2, 0.25) is 0 Å². The minimum atomic E-state index is -0.488. The van der Waals surface area contributed by atoms with Crippen LogP contribution in [0.4, 0.5) is 0 Å². The second kappa shape index (κ2) is 11.0. The number of rotatable bonds is 11. The lowest BCUT2D eigenvalue weighted by Gasteiger charge is -2.16. The summed E-state index contributed by atoms with van der Waals surface area (Å²) >= 11 is 0. The van der Waals surface area contributed by atoms with Gasteiger partial charge in [-0.2, -0.15) is 0 Å². The lowest BCUT2D eigenvalue weighted by molar-refractivity contribution is 0.0338. The van der Waals surface area contributed by atoms with E-state index in [1.54, 1.807) is 0 Å². The number of unbranched alkanes of at least 4 members (excludes halogenated alkanes) is 1. The van der Waals surface area contributed by atoms with Gasteiger partial charge in [-0.25, -0.2) is 0 Å². The van der Waals surface area contributed by atoms with E-state index in [2.05, 4.69) is 26.1 Å². The van der Waals surface area contributed by atoms with E-state index in [-0.39, 0.29) is 6.10 Å². The second-order valence-corrected chi connectivity index (χ2v) is 5.02. The van der Waals surface area contributed by atoms with Crippen molar-refractivity contribution < 1.29 is 14.9 Å². The van der Waals surface area contributed by atoms with Gasteiger partial charge in [-0.1, -0.05) is 27.2 Å². The van der Waals surface area contributed by atoms with Gasteiger partial charge in [-0.3, -0.25) is 0 Å². The van der Waals surface area contributed by atoms with Crippen molar-refractivity contribution in [3.05, 3.63) is 0 Å². The Morgan fingerprint density at radius 2 is 1.76 bits per heavy atom. The normalized spacial score (nSPS) is 15.2.